The minimum atomic E-state index is 0.644. The highest BCUT2D eigenvalue weighted by Gasteiger charge is 2.26. The van der Waals surface area contributed by atoms with Gasteiger partial charge in [-0.15, -0.1) is 0 Å². The second kappa shape index (κ2) is 4.38. The van der Waals surface area contributed by atoms with Crippen molar-refractivity contribution in [2.45, 2.75) is 32.1 Å². The number of hydrogen-bond acceptors (Lipinski definition) is 5. The zero-order chi connectivity index (χ0) is 12.5. The third-order valence-electron chi connectivity index (χ3n) is 3.24. The molecule has 0 spiro atoms. The molecule has 1 fully saturated rings. The molecule has 0 amide bonds. The molecule has 1 aliphatic rings. The van der Waals surface area contributed by atoms with Crippen molar-refractivity contribution in [3.05, 3.63) is 29.8 Å². The van der Waals surface area contributed by atoms with Gasteiger partial charge < -0.3 is 5.43 Å². The van der Waals surface area contributed by atoms with Crippen LogP contribution in [0.4, 0.5) is 5.82 Å². The Hall–Kier alpha value is -1.95. The summed E-state index contributed by atoms with van der Waals surface area (Å²) < 4.78 is 1.81. The SMILES string of the molecule is CCc1c(NN)ncnc1-n1ccc(C2CC2)n1. The Morgan fingerprint density at radius 3 is 2.94 bits per heavy atom. The second-order valence-corrected chi connectivity index (χ2v) is 4.48. The largest absolute Gasteiger partial charge is 0.308 e. The van der Waals surface area contributed by atoms with Crippen LogP contribution in [-0.2, 0) is 6.42 Å². The number of nitrogens with two attached hydrogens (primary N) is 1. The Morgan fingerprint density at radius 2 is 2.28 bits per heavy atom. The van der Waals surface area contributed by atoms with E-state index in [0.717, 1.165) is 23.5 Å². The summed E-state index contributed by atoms with van der Waals surface area (Å²) >= 11 is 0. The number of hydrogen-bond donors (Lipinski definition) is 2. The molecular weight excluding hydrogens is 228 g/mol. The summed E-state index contributed by atoms with van der Waals surface area (Å²) in [5.74, 6) is 7.57. The lowest BCUT2D eigenvalue weighted by Crippen LogP contribution is -2.14. The molecule has 6 heteroatoms. The highest BCUT2D eigenvalue weighted by atomic mass is 15.3. The number of nitrogens with one attached hydrogen (secondary N) is 1. The lowest BCUT2D eigenvalue weighted by atomic mass is 10.2. The molecule has 0 radical (unpaired) electrons. The molecule has 2 aromatic rings. The van der Waals surface area contributed by atoms with E-state index in [4.69, 9.17) is 5.84 Å². The number of anilines is 1. The summed E-state index contributed by atoms with van der Waals surface area (Å²) in [7, 11) is 0. The maximum atomic E-state index is 5.47. The Bertz CT molecular complexity index is 557. The van der Waals surface area contributed by atoms with Gasteiger partial charge in [0.05, 0.1) is 5.69 Å². The summed E-state index contributed by atoms with van der Waals surface area (Å²) in [4.78, 5) is 8.44. The van der Waals surface area contributed by atoms with Crippen LogP contribution in [-0.4, -0.2) is 19.7 Å². The van der Waals surface area contributed by atoms with Crippen LogP contribution >= 0.6 is 0 Å². The lowest BCUT2D eigenvalue weighted by Gasteiger charge is -2.10. The molecule has 94 valence electrons. The van der Waals surface area contributed by atoms with E-state index in [1.807, 2.05) is 17.8 Å². The molecule has 0 bridgehead atoms. The highest BCUT2D eigenvalue weighted by molar-refractivity contribution is 5.50. The molecule has 0 unspecified atom stereocenters. The molecule has 2 aromatic heterocycles. The van der Waals surface area contributed by atoms with Gasteiger partial charge in [0, 0.05) is 17.7 Å². The minimum absolute atomic E-state index is 0.644. The fraction of sp³-hybridized carbons (Fsp3) is 0.417. The molecule has 2 heterocycles. The van der Waals surface area contributed by atoms with E-state index >= 15 is 0 Å². The lowest BCUT2D eigenvalue weighted by molar-refractivity contribution is 0.792. The molecule has 18 heavy (non-hydrogen) atoms. The van der Waals surface area contributed by atoms with Gasteiger partial charge in [0.1, 0.15) is 12.1 Å². The molecule has 1 saturated carbocycles. The third kappa shape index (κ3) is 1.84. The summed E-state index contributed by atoms with van der Waals surface area (Å²) in [5, 5.41) is 4.58. The monoisotopic (exact) mass is 244 g/mol. The predicted molar refractivity (Wildman–Crippen MR) is 68.3 cm³/mol. The topological polar surface area (TPSA) is 81.6 Å². The molecule has 6 nitrogen and oxygen atoms in total. The molecule has 3 N–H and O–H groups in total. The molecule has 0 atom stereocenters. The Kier molecular flexibility index (Phi) is 2.71. The van der Waals surface area contributed by atoms with E-state index in [2.05, 4.69) is 26.6 Å². The van der Waals surface area contributed by atoms with Crippen molar-refractivity contribution in [1.29, 1.82) is 0 Å². The standard InChI is InChI=1S/C12H16N6/c1-2-9-11(16-13)14-7-15-12(9)18-6-5-10(17-18)8-3-4-8/h5-8H,2-4,13H2,1H3,(H,14,15,16). The van der Waals surface area contributed by atoms with Crippen molar-refractivity contribution < 1.29 is 0 Å². The summed E-state index contributed by atoms with van der Waals surface area (Å²) in [6.45, 7) is 2.05. The zero-order valence-electron chi connectivity index (χ0n) is 10.3. The summed E-state index contributed by atoms with van der Waals surface area (Å²) in [5.41, 5.74) is 4.73. The van der Waals surface area contributed by atoms with E-state index in [1.165, 1.54) is 19.2 Å². The minimum Gasteiger partial charge on any atom is -0.308 e. The van der Waals surface area contributed by atoms with Crippen LogP contribution in [0.1, 0.15) is 36.9 Å². The van der Waals surface area contributed by atoms with Crippen molar-refractivity contribution in [1.82, 2.24) is 19.7 Å². The first-order chi connectivity index (χ1) is 8.83. The first kappa shape index (κ1) is 11.2. The molecule has 0 aromatic carbocycles. The average Bonchev–Trinajstić information content (AvgIpc) is 3.15. The smallest absolute Gasteiger partial charge is 0.162 e. The molecule has 3 rings (SSSR count). The van der Waals surface area contributed by atoms with Crippen molar-refractivity contribution in [2.75, 3.05) is 5.43 Å². The van der Waals surface area contributed by atoms with Crippen LogP contribution < -0.4 is 11.3 Å². The fourth-order valence-electron chi connectivity index (χ4n) is 2.10. The van der Waals surface area contributed by atoms with Crippen LogP contribution in [0.3, 0.4) is 0 Å². The van der Waals surface area contributed by atoms with Gasteiger partial charge in [-0.2, -0.15) is 5.10 Å². The van der Waals surface area contributed by atoms with Gasteiger partial charge in [-0.3, -0.25) is 0 Å². The Labute approximate surface area is 105 Å². The van der Waals surface area contributed by atoms with Gasteiger partial charge in [0.2, 0.25) is 0 Å². The van der Waals surface area contributed by atoms with Crippen molar-refractivity contribution in [3.8, 4) is 5.82 Å². The predicted octanol–water partition coefficient (Wildman–Crippen LogP) is 1.39. The molecular formula is C12H16N6. The van der Waals surface area contributed by atoms with Gasteiger partial charge in [-0.1, -0.05) is 6.92 Å². The first-order valence-corrected chi connectivity index (χ1v) is 6.20. The van der Waals surface area contributed by atoms with Gasteiger partial charge in [0.25, 0.3) is 0 Å². The van der Waals surface area contributed by atoms with Gasteiger partial charge >= 0.3 is 0 Å². The van der Waals surface area contributed by atoms with Crippen LogP contribution in [0.5, 0.6) is 0 Å². The van der Waals surface area contributed by atoms with E-state index in [9.17, 15) is 0 Å². The van der Waals surface area contributed by atoms with Crippen molar-refractivity contribution >= 4 is 5.82 Å². The summed E-state index contributed by atoms with van der Waals surface area (Å²) in [6, 6.07) is 2.06. The van der Waals surface area contributed by atoms with Crippen LogP contribution in [0.15, 0.2) is 18.6 Å². The second-order valence-electron chi connectivity index (χ2n) is 4.48. The number of aromatic nitrogens is 4. The van der Waals surface area contributed by atoms with Gasteiger partial charge in [-0.25, -0.2) is 20.5 Å². The number of hydrazine groups is 1. The van der Waals surface area contributed by atoms with Gasteiger partial charge in [0.15, 0.2) is 5.82 Å². The van der Waals surface area contributed by atoms with Crippen molar-refractivity contribution in [2.24, 2.45) is 5.84 Å². The first-order valence-electron chi connectivity index (χ1n) is 6.20. The van der Waals surface area contributed by atoms with E-state index in [0.29, 0.717) is 11.7 Å². The maximum absolute atomic E-state index is 5.47. The van der Waals surface area contributed by atoms with E-state index in [1.54, 1.807) is 0 Å². The molecule has 1 aliphatic carbocycles. The van der Waals surface area contributed by atoms with Gasteiger partial charge in [-0.05, 0) is 25.3 Å². The third-order valence-corrected chi connectivity index (χ3v) is 3.24. The molecule has 0 aliphatic heterocycles. The van der Waals surface area contributed by atoms with E-state index in [-0.39, 0.29) is 0 Å². The fourth-order valence-corrected chi connectivity index (χ4v) is 2.10. The Balaban J connectivity index is 2.03. The van der Waals surface area contributed by atoms with Crippen LogP contribution in [0.25, 0.3) is 5.82 Å². The normalized spacial score (nSPS) is 14.8. The van der Waals surface area contributed by atoms with Crippen LogP contribution in [0, 0.1) is 0 Å². The zero-order valence-corrected chi connectivity index (χ0v) is 10.3. The number of nitrogen functional groups attached to an aromatic ring is 1. The number of nitrogens with zero attached hydrogens (tertiary/aromatic N) is 4. The maximum Gasteiger partial charge on any atom is 0.162 e. The molecule has 0 saturated heterocycles. The summed E-state index contributed by atoms with van der Waals surface area (Å²) in [6.07, 6.45) is 6.75. The average molecular weight is 244 g/mol. The number of rotatable bonds is 4. The highest BCUT2D eigenvalue weighted by Crippen LogP contribution is 2.39. The van der Waals surface area contributed by atoms with E-state index < -0.39 is 0 Å². The Morgan fingerprint density at radius 1 is 1.44 bits per heavy atom. The van der Waals surface area contributed by atoms with Crippen molar-refractivity contribution in [3.63, 3.8) is 0 Å². The van der Waals surface area contributed by atoms with Crippen LogP contribution in [0.2, 0.25) is 0 Å². The quantitative estimate of drug-likeness (QED) is 0.627.